The molecule has 4 rings (SSSR count). The Labute approximate surface area is 128 Å². The van der Waals surface area contributed by atoms with Crippen molar-refractivity contribution in [2.75, 3.05) is 6.54 Å². The molecule has 0 unspecified atom stereocenters. The first kappa shape index (κ1) is 13.0. The molecule has 108 valence electrons. The van der Waals surface area contributed by atoms with Crippen molar-refractivity contribution in [2.45, 2.75) is 35.7 Å². The summed E-state index contributed by atoms with van der Waals surface area (Å²) in [5.41, 5.74) is 2.12. The van der Waals surface area contributed by atoms with Crippen LogP contribution in [0, 0.1) is 0 Å². The standard InChI is InChI=1S/C16H17N3OS/c20-15-14(8-9-19(15)12-6-7-12)21-16-17-10-13(18-16)11-4-2-1-3-5-11/h1-5,10,12,14H,6-9H2,(H,17,18)/t14-/m0/s1. The number of nitrogens with zero attached hydrogens (tertiary/aromatic N) is 2. The Morgan fingerprint density at radius 2 is 2.00 bits per heavy atom. The molecule has 1 aromatic carbocycles. The number of thioether (sulfide) groups is 1. The Morgan fingerprint density at radius 3 is 2.76 bits per heavy atom. The Bertz CT molecular complexity index is 651. The Hall–Kier alpha value is -1.75. The van der Waals surface area contributed by atoms with Crippen LogP contribution in [0.3, 0.4) is 0 Å². The van der Waals surface area contributed by atoms with Crippen molar-refractivity contribution >= 4 is 17.7 Å². The third kappa shape index (κ3) is 2.58. The van der Waals surface area contributed by atoms with Gasteiger partial charge in [-0.05, 0) is 24.8 Å². The monoisotopic (exact) mass is 299 g/mol. The van der Waals surface area contributed by atoms with Gasteiger partial charge in [0.1, 0.15) is 0 Å². The average Bonchev–Trinajstić information content (AvgIpc) is 3.14. The number of hydrogen-bond donors (Lipinski definition) is 1. The summed E-state index contributed by atoms with van der Waals surface area (Å²) in [6.07, 6.45) is 5.14. The van der Waals surface area contributed by atoms with E-state index >= 15 is 0 Å². The van der Waals surface area contributed by atoms with E-state index in [1.165, 1.54) is 12.8 Å². The summed E-state index contributed by atoms with van der Waals surface area (Å²) in [5, 5.41) is 0.866. The van der Waals surface area contributed by atoms with Crippen LogP contribution in [0.15, 0.2) is 41.7 Å². The molecule has 0 radical (unpaired) electrons. The van der Waals surface area contributed by atoms with Gasteiger partial charge in [-0.15, -0.1) is 0 Å². The minimum Gasteiger partial charge on any atom is -0.339 e. The highest BCUT2D eigenvalue weighted by Crippen LogP contribution is 2.36. The Morgan fingerprint density at radius 1 is 1.19 bits per heavy atom. The largest absolute Gasteiger partial charge is 0.339 e. The molecule has 4 nitrogen and oxygen atoms in total. The number of aromatic amines is 1. The van der Waals surface area contributed by atoms with E-state index in [0.717, 1.165) is 29.4 Å². The lowest BCUT2D eigenvalue weighted by molar-refractivity contribution is -0.127. The number of nitrogens with one attached hydrogen (secondary N) is 1. The number of carbonyl (C=O) groups excluding carboxylic acids is 1. The lowest BCUT2D eigenvalue weighted by Crippen LogP contribution is -2.30. The molecule has 0 bridgehead atoms. The van der Waals surface area contributed by atoms with E-state index in [4.69, 9.17) is 0 Å². The van der Waals surface area contributed by atoms with E-state index in [9.17, 15) is 4.79 Å². The van der Waals surface area contributed by atoms with Gasteiger partial charge in [-0.25, -0.2) is 4.98 Å². The first-order chi connectivity index (χ1) is 10.3. The molecular formula is C16H17N3OS. The first-order valence-electron chi connectivity index (χ1n) is 7.39. The predicted octanol–water partition coefficient (Wildman–Crippen LogP) is 2.93. The van der Waals surface area contributed by atoms with Crippen LogP contribution in [-0.4, -0.2) is 38.6 Å². The van der Waals surface area contributed by atoms with Gasteiger partial charge in [-0.3, -0.25) is 4.79 Å². The smallest absolute Gasteiger partial charge is 0.236 e. The fourth-order valence-electron chi connectivity index (χ4n) is 2.80. The van der Waals surface area contributed by atoms with Gasteiger partial charge in [0.15, 0.2) is 5.16 Å². The van der Waals surface area contributed by atoms with Crippen LogP contribution in [0.4, 0.5) is 0 Å². The molecule has 1 atom stereocenters. The van der Waals surface area contributed by atoms with Crippen LogP contribution >= 0.6 is 11.8 Å². The van der Waals surface area contributed by atoms with Crippen molar-refractivity contribution < 1.29 is 4.79 Å². The fraction of sp³-hybridized carbons (Fsp3) is 0.375. The molecule has 2 fully saturated rings. The quantitative estimate of drug-likeness (QED) is 0.944. The van der Waals surface area contributed by atoms with E-state index in [1.807, 2.05) is 24.4 Å². The number of carbonyl (C=O) groups is 1. The van der Waals surface area contributed by atoms with Crippen LogP contribution in [0.1, 0.15) is 19.3 Å². The van der Waals surface area contributed by atoms with Crippen molar-refractivity contribution in [1.29, 1.82) is 0 Å². The number of benzene rings is 1. The SMILES string of the molecule is O=C1[C@@H](Sc2ncc(-c3ccccc3)[nH]2)CCN1C1CC1. The zero-order valence-electron chi connectivity index (χ0n) is 11.7. The summed E-state index contributed by atoms with van der Waals surface area (Å²) in [4.78, 5) is 22.1. The number of amides is 1. The van der Waals surface area contributed by atoms with E-state index in [2.05, 4.69) is 27.0 Å². The van der Waals surface area contributed by atoms with Crippen molar-refractivity contribution in [3.63, 3.8) is 0 Å². The maximum absolute atomic E-state index is 12.3. The number of H-pyrrole nitrogens is 1. The second kappa shape index (κ2) is 5.22. The topological polar surface area (TPSA) is 49.0 Å². The molecule has 2 heterocycles. The number of hydrogen-bond acceptors (Lipinski definition) is 3. The van der Waals surface area contributed by atoms with E-state index < -0.39 is 0 Å². The van der Waals surface area contributed by atoms with Gasteiger partial charge in [0.2, 0.25) is 5.91 Å². The minimum absolute atomic E-state index is 0.0281. The summed E-state index contributed by atoms with van der Waals surface area (Å²) in [5.74, 6) is 0.292. The molecule has 1 amide bonds. The van der Waals surface area contributed by atoms with Crippen molar-refractivity contribution in [3.05, 3.63) is 36.5 Å². The molecular weight excluding hydrogens is 282 g/mol. The number of likely N-dealkylation sites (tertiary alicyclic amines) is 1. The van der Waals surface area contributed by atoms with Gasteiger partial charge in [0, 0.05) is 12.6 Å². The lowest BCUT2D eigenvalue weighted by atomic mass is 10.2. The zero-order valence-corrected chi connectivity index (χ0v) is 12.5. The van der Waals surface area contributed by atoms with Gasteiger partial charge < -0.3 is 9.88 Å². The summed E-state index contributed by atoms with van der Waals surface area (Å²) >= 11 is 1.57. The number of imidazole rings is 1. The molecule has 21 heavy (non-hydrogen) atoms. The summed E-state index contributed by atoms with van der Waals surface area (Å²) in [6.45, 7) is 0.910. The second-order valence-corrected chi connectivity index (χ2v) is 6.82. The highest BCUT2D eigenvalue weighted by Gasteiger charge is 2.41. The molecule has 2 aliphatic rings. The summed E-state index contributed by atoms with van der Waals surface area (Å²) in [6, 6.07) is 10.7. The highest BCUT2D eigenvalue weighted by atomic mass is 32.2. The molecule has 1 aliphatic carbocycles. The van der Waals surface area contributed by atoms with E-state index in [-0.39, 0.29) is 5.25 Å². The Balaban J connectivity index is 1.46. The number of rotatable bonds is 4. The van der Waals surface area contributed by atoms with Crippen LogP contribution in [0.25, 0.3) is 11.3 Å². The normalized spacial score (nSPS) is 22.0. The predicted molar refractivity (Wildman–Crippen MR) is 83.0 cm³/mol. The molecule has 1 N–H and O–H groups in total. The lowest BCUT2D eigenvalue weighted by Gasteiger charge is -2.14. The maximum atomic E-state index is 12.3. The summed E-state index contributed by atoms with van der Waals surface area (Å²) < 4.78 is 0. The minimum atomic E-state index is 0.0281. The highest BCUT2D eigenvalue weighted by molar-refractivity contribution is 8.00. The average molecular weight is 299 g/mol. The van der Waals surface area contributed by atoms with Crippen LogP contribution in [0.2, 0.25) is 0 Å². The van der Waals surface area contributed by atoms with Gasteiger partial charge in [-0.2, -0.15) is 0 Å². The van der Waals surface area contributed by atoms with Gasteiger partial charge in [0.25, 0.3) is 0 Å². The Kier molecular flexibility index (Phi) is 3.22. The molecule has 1 saturated carbocycles. The maximum Gasteiger partial charge on any atom is 0.236 e. The second-order valence-electron chi connectivity index (χ2n) is 5.63. The van der Waals surface area contributed by atoms with Crippen LogP contribution in [-0.2, 0) is 4.79 Å². The molecule has 1 saturated heterocycles. The molecule has 1 aromatic heterocycles. The van der Waals surface area contributed by atoms with Gasteiger partial charge in [-0.1, -0.05) is 42.1 Å². The van der Waals surface area contributed by atoms with Crippen molar-refractivity contribution in [3.8, 4) is 11.3 Å². The van der Waals surface area contributed by atoms with Crippen molar-refractivity contribution in [1.82, 2.24) is 14.9 Å². The molecule has 5 heteroatoms. The first-order valence-corrected chi connectivity index (χ1v) is 8.27. The fourth-order valence-corrected chi connectivity index (χ4v) is 3.81. The molecule has 0 spiro atoms. The summed E-state index contributed by atoms with van der Waals surface area (Å²) in [7, 11) is 0. The van der Waals surface area contributed by atoms with Gasteiger partial charge >= 0.3 is 0 Å². The zero-order chi connectivity index (χ0) is 14.2. The van der Waals surface area contributed by atoms with Gasteiger partial charge in [0.05, 0.1) is 17.1 Å². The third-order valence-corrected chi connectivity index (χ3v) is 5.22. The number of aromatic nitrogens is 2. The molecule has 1 aliphatic heterocycles. The van der Waals surface area contributed by atoms with Crippen molar-refractivity contribution in [2.24, 2.45) is 0 Å². The molecule has 2 aromatic rings. The van der Waals surface area contributed by atoms with Crippen LogP contribution in [0.5, 0.6) is 0 Å². The third-order valence-electron chi connectivity index (χ3n) is 4.07. The van der Waals surface area contributed by atoms with E-state index in [1.54, 1.807) is 11.8 Å². The van der Waals surface area contributed by atoms with E-state index in [0.29, 0.717) is 11.9 Å². The van der Waals surface area contributed by atoms with Crippen LogP contribution < -0.4 is 0 Å².